The van der Waals surface area contributed by atoms with Crippen molar-refractivity contribution in [3.63, 3.8) is 0 Å². The largest absolute Gasteiger partial charge is 0.491 e. The molecule has 0 unspecified atom stereocenters. The molecule has 0 aliphatic rings. The minimum Gasteiger partial charge on any atom is -0.491 e. The molecule has 2 aromatic carbocycles. The lowest BCUT2D eigenvalue weighted by molar-refractivity contribution is -0.142. The highest BCUT2D eigenvalue weighted by molar-refractivity contribution is 5.91. The fourth-order valence-electron chi connectivity index (χ4n) is 3.48. The topological polar surface area (TPSA) is 174 Å². The maximum Gasteiger partial charge on any atom is 0.316 e. The summed E-state index contributed by atoms with van der Waals surface area (Å²) >= 11 is 0. The molecular weight excluding hydrogens is 528 g/mol. The van der Waals surface area contributed by atoms with Crippen LogP contribution in [0.15, 0.2) is 39.5 Å². The van der Waals surface area contributed by atoms with Crippen LogP contribution in [0.5, 0.6) is 28.7 Å². The minimum absolute atomic E-state index is 0.00179. The molecular formula is C28H34O12. The second-order valence-electron chi connectivity index (χ2n) is 9.47. The fourth-order valence-corrected chi connectivity index (χ4v) is 3.48. The summed E-state index contributed by atoms with van der Waals surface area (Å²) in [6.07, 6.45) is 0. The van der Waals surface area contributed by atoms with E-state index in [2.05, 4.69) is 0 Å². The van der Waals surface area contributed by atoms with Gasteiger partial charge >= 0.3 is 5.97 Å². The number of rotatable bonds is 14. The first-order valence-corrected chi connectivity index (χ1v) is 12.6. The maximum atomic E-state index is 13.8. The number of fused-ring (bicyclic) bond motifs is 1. The Hall–Kier alpha value is -3.84. The first kappa shape index (κ1) is 30.7. The lowest BCUT2D eigenvalue weighted by atomic mass is 9.97. The Morgan fingerprint density at radius 1 is 0.775 bits per heavy atom. The van der Waals surface area contributed by atoms with Crippen molar-refractivity contribution in [3.8, 4) is 40.1 Å². The van der Waals surface area contributed by atoms with Crippen LogP contribution in [0.3, 0.4) is 0 Å². The molecule has 0 amide bonds. The third kappa shape index (κ3) is 7.42. The molecule has 0 aliphatic heterocycles. The molecule has 0 atom stereocenters. The van der Waals surface area contributed by atoms with Gasteiger partial charge in [0.25, 0.3) is 0 Å². The van der Waals surface area contributed by atoms with Crippen molar-refractivity contribution in [2.45, 2.75) is 20.8 Å². The molecule has 0 radical (unpaired) electrons. The zero-order valence-corrected chi connectivity index (χ0v) is 22.6. The molecule has 12 nitrogen and oxygen atoms in total. The Kier molecular flexibility index (Phi) is 10.7. The number of benzene rings is 2. The third-order valence-corrected chi connectivity index (χ3v) is 5.31. The zero-order valence-electron chi connectivity index (χ0n) is 22.6. The monoisotopic (exact) mass is 562 g/mol. The standard InChI is InChI=1S/C28H34O12/c1-28(2,3)27(34)40-22-16-18(35-10-6-29)15-21-23(22)24(33)26(38-13-9-32)25(39-21)17-4-5-19(36-11-7-30)20(14-17)37-12-8-31/h4-5,14-16,29-32H,6-13H2,1-3H3. The molecule has 3 rings (SSSR count). The highest BCUT2D eigenvalue weighted by atomic mass is 16.5. The summed E-state index contributed by atoms with van der Waals surface area (Å²) in [5.41, 5.74) is -1.24. The van der Waals surface area contributed by atoms with E-state index >= 15 is 0 Å². The van der Waals surface area contributed by atoms with Gasteiger partial charge in [0.1, 0.15) is 48.9 Å². The average Bonchev–Trinajstić information content (AvgIpc) is 2.92. The van der Waals surface area contributed by atoms with E-state index in [0.717, 1.165) is 0 Å². The van der Waals surface area contributed by atoms with Crippen molar-refractivity contribution in [1.82, 2.24) is 0 Å². The number of ether oxygens (including phenoxy) is 5. The van der Waals surface area contributed by atoms with Crippen molar-refractivity contribution in [3.05, 3.63) is 40.6 Å². The van der Waals surface area contributed by atoms with Gasteiger partial charge in [-0.15, -0.1) is 0 Å². The van der Waals surface area contributed by atoms with Crippen LogP contribution >= 0.6 is 0 Å². The van der Waals surface area contributed by atoms with Gasteiger partial charge in [-0.1, -0.05) is 0 Å². The molecule has 40 heavy (non-hydrogen) atoms. The summed E-state index contributed by atoms with van der Waals surface area (Å²) in [6.45, 7) is 3.45. The molecule has 1 aromatic heterocycles. The molecule has 0 fully saturated rings. The second-order valence-corrected chi connectivity index (χ2v) is 9.47. The normalized spacial score (nSPS) is 11.4. The molecule has 0 bridgehead atoms. The van der Waals surface area contributed by atoms with Crippen molar-refractivity contribution >= 4 is 16.9 Å². The Labute approximate surface area is 230 Å². The van der Waals surface area contributed by atoms with Crippen LogP contribution in [0, 0.1) is 5.41 Å². The van der Waals surface area contributed by atoms with Crippen LogP contribution in [0.2, 0.25) is 0 Å². The van der Waals surface area contributed by atoms with E-state index < -0.39 is 23.4 Å². The van der Waals surface area contributed by atoms with Gasteiger partial charge < -0.3 is 48.5 Å². The lowest BCUT2D eigenvalue weighted by Crippen LogP contribution is -2.26. The number of aliphatic hydroxyl groups is 4. The van der Waals surface area contributed by atoms with Crippen molar-refractivity contribution in [2.24, 2.45) is 5.41 Å². The Bertz CT molecular complexity index is 1360. The van der Waals surface area contributed by atoms with Crippen LogP contribution in [-0.4, -0.2) is 79.3 Å². The molecule has 3 aromatic rings. The predicted molar refractivity (Wildman–Crippen MR) is 143 cm³/mol. The average molecular weight is 563 g/mol. The van der Waals surface area contributed by atoms with Crippen LogP contribution in [0.4, 0.5) is 0 Å². The van der Waals surface area contributed by atoms with E-state index in [9.17, 15) is 24.9 Å². The first-order valence-electron chi connectivity index (χ1n) is 12.6. The van der Waals surface area contributed by atoms with Crippen molar-refractivity contribution in [2.75, 3.05) is 52.9 Å². The molecule has 12 heteroatoms. The molecule has 0 aliphatic carbocycles. The summed E-state index contributed by atoms with van der Waals surface area (Å²) < 4.78 is 33.9. The Balaban J connectivity index is 2.28. The van der Waals surface area contributed by atoms with Crippen molar-refractivity contribution in [1.29, 1.82) is 0 Å². The van der Waals surface area contributed by atoms with Gasteiger partial charge in [-0.25, -0.2) is 0 Å². The predicted octanol–water partition coefficient (Wildman–Crippen LogP) is 1.90. The molecule has 0 saturated carbocycles. The van der Waals surface area contributed by atoms with Crippen LogP contribution < -0.4 is 29.1 Å². The SMILES string of the molecule is CC(C)(C)C(=O)Oc1cc(OCCO)cc2oc(-c3ccc(OCCO)c(OCCO)c3)c(OCCO)c(=O)c12. The second kappa shape index (κ2) is 14.0. The summed E-state index contributed by atoms with van der Waals surface area (Å²) in [5.74, 6) is -0.357. The van der Waals surface area contributed by atoms with Crippen molar-refractivity contribution < 1.29 is 53.3 Å². The molecule has 218 valence electrons. The minimum atomic E-state index is -0.893. The molecule has 0 spiro atoms. The highest BCUT2D eigenvalue weighted by Crippen LogP contribution is 2.40. The Morgan fingerprint density at radius 2 is 1.38 bits per heavy atom. The van der Waals surface area contributed by atoms with E-state index in [0.29, 0.717) is 5.56 Å². The van der Waals surface area contributed by atoms with Gasteiger partial charge in [-0.05, 0) is 39.0 Å². The van der Waals surface area contributed by atoms with Crippen LogP contribution in [0.25, 0.3) is 22.3 Å². The summed E-state index contributed by atoms with van der Waals surface area (Å²) in [7, 11) is 0. The third-order valence-electron chi connectivity index (χ3n) is 5.31. The van der Waals surface area contributed by atoms with Gasteiger partial charge in [0.05, 0.1) is 31.8 Å². The number of carbonyl (C=O) groups is 1. The molecule has 1 heterocycles. The van der Waals surface area contributed by atoms with E-state index in [4.69, 9.17) is 33.2 Å². The number of aliphatic hydroxyl groups excluding tert-OH is 4. The van der Waals surface area contributed by atoms with Gasteiger partial charge in [-0.2, -0.15) is 0 Å². The number of esters is 1. The van der Waals surface area contributed by atoms with Gasteiger partial charge in [0, 0.05) is 17.7 Å². The van der Waals surface area contributed by atoms with Gasteiger partial charge in [0.15, 0.2) is 17.3 Å². The van der Waals surface area contributed by atoms with E-state index in [1.165, 1.54) is 24.3 Å². The summed E-state index contributed by atoms with van der Waals surface area (Å²) in [5, 5.41) is 36.9. The zero-order chi connectivity index (χ0) is 29.3. The molecule has 0 saturated heterocycles. The van der Waals surface area contributed by atoms with Gasteiger partial charge in [0.2, 0.25) is 11.2 Å². The first-order chi connectivity index (χ1) is 19.1. The van der Waals surface area contributed by atoms with Gasteiger partial charge in [-0.3, -0.25) is 9.59 Å². The number of carbonyl (C=O) groups excluding carboxylic acids is 1. The quantitative estimate of drug-likeness (QED) is 0.166. The van der Waals surface area contributed by atoms with Crippen LogP contribution in [-0.2, 0) is 4.79 Å². The Morgan fingerprint density at radius 3 is 2.00 bits per heavy atom. The highest BCUT2D eigenvalue weighted by Gasteiger charge is 2.28. The lowest BCUT2D eigenvalue weighted by Gasteiger charge is -2.19. The van der Waals surface area contributed by atoms with E-state index in [1.54, 1.807) is 26.8 Å². The molecule has 4 N–H and O–H groups in total. The smallest absolute Gasteiger partial charge is 0.316 e. The van der Waals surface area contributed by atoms with Crippen LogP contribution in [0.1, 0.15) is 20.8 Å². The maximum absolute atomic E-state index is 13.8. The van der Waals surface area contributed by atoms with E-state index in [-0.39, 0.29) is 91.7 Å². The fraction of sp³-hybridized carbons (Fsp3) is 0.429. The number of hydrogen-bond donors (Lipinski definition) is 4. The summed E-state index contributed by atoms with van der Waals surface area (Å²) in [4.78, 5) is 26.5. The van der Waals surface area contributed by atoms with E-state index in [1.807, 2.05) is 0 Å². The number of hydrogen-bond acceptors (Lipinski definition) is 12. The summed E-state index contributed by atoms with van der Waals surface area (Å²) in [6, 6.07) is 7.38.